The molecule has 0 unspecified atom stereocenters. The minimum atomic E-state index is 0.595. The van der Waals surface area contributed by atoms with Crippen LogP contribution in [0.15, 0.2) is 473 Å². The van der Waals surface area contributed by atoms with Crippen LogP contribution in [-0.4, -0.2) is 48.2 Å². The van der Waals surface area contributed by atoms with Gasteiger partial charge >= 0.3 is 0 Å². The molecule has 6 aromatic heterocycles. The van der Waals surface area contributed by atoms with E-state index >= 15 is 0 Å². The van der Waals surface area contributed by atoms with Gasteiger partial charge in [0.2, 0.25) is 0 Å². The van der Waals surface area contributed by atoms with Crippen molar-refractivity contribution in [2.45, 2.75) is 0 Å². The SMILES string of the molecule is c1ccc(-c2cc(-c3nc(-c4ccccc4)nc(-c4ccccc4-c4ccccc4)n3)cc(-n3c4ccccc4c4cc(-n5c6ccccc6c6ccccc65)ccc43)c2)cc1.c1ccc(-c2ccc(-c3nc(-c4ccc(-c5ccccc5)cc4)nc(-c4cc(-c5ccccc5)cc(-n5c6ccccc6c6cc(-n7c8ccccc8c8ccccc87)ccc65)c4)n3)cc2)cc1. The summed E-state index contributed by atoms with van der Waals surface area (Å²) >= 11 is 0. The second-order valence-corrected chi connectivity index (χ2v) is 32.9. The van der Waals surface area contributed by atoms with E-state index in [-0.39, 0.29) is 0 Å². The van der Waals surface area contributed by atoms with Gasteiger partial charge in [-0.1, -0.05) is 364 Å². The topological polar surface area (TPSA) is 97.1 Å². The Kier molecular flexibility index (Phi) is 19.0. The Morgan fingerprint density at radius 3 is 0.669 bits per heavy atom. The Morgan fingerprint density at radius 1 is 0.115 bits per heavy atom. The molecule has 19 aromatic carbocycles. The average Bonchev–Trinajstić information content (AvgIpc) is 1.57. The molecule has 0 aliphatic rings. The molecule has 0 fully saturated rings. The third kappa shape index (κ3) is 13.8. The first kappa shape index (κ1) is 76.1. The molecular formula is C120H78N10. The van der Waals surface area contributed by atoms with Gasteiger partial charge in [-0.25, -0.2) is 29.9 Å². The van der Waals surface area contributed by atoms with E-state index in [0.717, 1.165) is 134 Å². The largest absolute Gasteiger partial charge is 0.309 e. The summed E-state index contributed by atoms with van der Waals surface area (Å²) in [6, 6.07) is 167. The minimum Gasteiger partial charge on any atom is -0.309 e. The molecule has 0 saturated carbocycles. The summed E-state index contributed by atoms with van der Waals surface area (Å²) in [7, 11) is 0. The third-order valence-corrected chi connectivity index (χ3v) is 25.1. The van der Waals surface area contributed by atoms with Crippen LogP contribution in [-0.2, 0) is 0 Å². The zero-order chi connectivity index (χ0) is 86.0. The van der Waals surface area contributed by atoms with Crippen LogP contribution in [0.1, 0.15) is 0 Å². The predicted molar refractivity (Wildman–Crippen MR) is 537 cm³/mol. The second-order valence-electron chi connectivity index (χ2n) is 32.9. The fourth-order valence-corrected chi connectivity index (χ4v) is 19.0. The highest BCUT2D eigenvalue weighted by atomic mass is 15.1. The van der Waals surface area contributed by atoms with Crippen LogP contribution in [0.5, 0.6) is 0 Å². The monoisotopic (exact) mass is 1660 g/mol. The normalized spacial score (nSPS) is 11.5. The fourth-order valence-electron chi connectivity index (χ4n) is 19.0. The van der Waals surface area contributed by atoms with Crippen LogP contribution in [0, 0.1) is 0 Å². The molecular weight excluding hydrogens is 1580 g/mol. The molecule has 0 aliphatic carbocycles. The molecule has 10 nitrogen and oxygen atoms in total. The van der Waals surface area contributed by atoms with Gasteiger partial charge in [0, 0.05) is 99.2 Å². The lowest BCUT2D eigenvalue weighted by molar-refractivity contribution is 1.07. The summed E-state index contributed by atoms with van der Waals surface area (Å²) in [5.74, 6) is 3.66. The quantitative estimate of drug-likeness (QED) is 0.101. The van der Waals surface area contributed by atoms with Gasteiger partial charge < -0.3 is 18.3 Å². The van der Waals surface area contributed by atoms with E-state index in [2.05, 4.69) is 455 Å². The molecule has 25 aromatic rings. The van der Waals surface area contributed by atoms with Gasteiger partial charge in [-0.3, -0.25) is 0 Å². The van der Waals surface area contributed by atoms with Crippen molar-refractivity contribution in [2.24, 2.45) is 0 Å². The minimum absolute atomic E-state index is 0.595. The fraction of sp³-hybridized carbons (Fsp3) is 0. The zero-order valence-electron chi connectivity index (χ0n) is 70.5. The molecule has 6 heterocycles. The molecule has 0 saturated heterocycles. The average molecular weight is 1660 g/mol. The van der Waals surface area contributed by atoms with Crippen molar-refractivity contribution in [1.29, 1.82) is 0 Å². The Balaban J connectivity index is 0.000000145. The number of hydrogen-bond donors (Lipinski definition) is 0. The number of rotatable bonds is 15. The molecule has 0 spiro atoms. The number of benzene rings is 19. The van der Waals surface area contributed by atoms with E-state index in [1.54, 1.807) is 0 Å². The molecule has 0 atom stereocenters. The maximum atomic E-state index is 5.32. The molecule has 10 heteroatoms. The maximum absolute atomic E-state index is 5.32. The summed E-state index contributed by atoms with van der Waals surface area (Å²) in [5.41, 5.74) is 30.1. The Morgan fingerprint density at radius 2 is 0.331 bits per heavy atom. The number of nitrogens with zero attached hydrogens (tertiary/aromatic N) is 10. The van der Waals surface area contributed by atoms with Gasteiger partial charge in [0.05, 0.1) is 44.1 Å². The Hall–Kier alpha value is -17.6. The lowest BCUT2D eigenvalue weighted by atomic mass is 9.99. The lowest BCUT2D eigenvalue weighted by Crippen LogP contribution is -2.02. The van der Waals surface area contributed by atoms with E-state index in [9.17, 15) is 0 Å². The van der Waals surface area contributed by atoms with Gasteiger partial charge in [-0.15, -0.1) is 0 Å². The molecule has 608 valence electrons. The van der Waals surface area contributed by atoms with Crippen molar-refractivity contribution in [3.05, 3.63) is 473 Å². The molecule has 0 N–H and O–H groups in total. The summed E-state index contributed by atoms with van der Waals surface area (Å²) < 4.78 is 9.57. The van der Waals surface area contributed by atoms with Crippen molar-refractivity contribution in [3.8, 4) is 147 Å². The number of fused-ring (bicyclic) bond motifs is 12. The lowest BCUT2D eigenvalue weighted by Gasteiger charge is -2.15. The molecule has 130 heavy (non-hydrogen) atoms. The Bertz CT molecular complexity index is 8410. The second kappa shape index (κ2) is 32.5. The van der Waals surface area contributed by atoms with Gasteiger partial charge in [0.25, 0.3) is 0 Å². The van der Waals surface area contributed by atoms with E-state index in [1.165, 1.54) is 65.2 Å². The van der Waals surface area contributed by atoms with Gasteiger partial charge in [0.15, 0.2) is 34.9 Å². The highest BCUT2D eigenvalue weighted by Gasteiger charge is 2.25. The highest BCUT2D eigenvalue weighted by molar-refractivity contribution is 6.15. The first-order valence-electron chi connectivity index (χ1n) is 44.0. The maximum Gasteiger partial charge on any atom is 0.164 e. The van der Waals surface area contributed by atoms with E-state index in [1.807, 2.05) is 36.4 Å². The summed E-state index contributed by atoms with van der Waals surface area (Å²) in [6.45, 7) is 0. The first-order chi connectivity index (χ1) is 64.4. The molecule has 0 aliphatic heterocycles. The van der Waals surface area contributed by atoms with Crippen molar-refractivity contribution < 1.29 is 0 Å². The Labute approximate surface area is 750 Å². The third-order valence-electron chi connectivity index (χ3n) is 25.1. The summed E-state index contributed by atoms with van der Waals surface area (Å²) in [6.07, 6.45) is 0. The molecule has 25 rings (SSSR count). The smallest absolute Gasteiger partial charge is 0.164 e. The summed E-state index contributed by atoms with van der Waals surface area (Å²) in [5, 5.41) is 9.70. The van der Waals surface area contributed by atoms with Gasteiger partial charge in [-0.2, -0.15) is 0 Å². The number of para-hydroxylation sites is 6. The van der Waals surface area contributed by atoms with Gasteiger partial charge in [0.1, 0.15) is 0 Å². The van der Waals surface area contributed by atoms with E-state index in [0.29, 0.717) is 34.9 Å². The van der Waals surface area contributed by atoms with Crippen molar-refractivity contribution in [1.82, 2.24) is 48.2 Å². The standard InChI is InChI=1S/C63H41N5.C57H37N5/c1-4-16-42(17-5-1)45-28-32-47(33-29-45)61-64-62(48-34-30-46(31-35-48)43-18-6-2-7-19-43)66-63(65-61)50-38-49(44-20-8-3-9-21-44)39-52(40-50)68-59-27-15-12-24-55(59)56-41-51(36-37-60(56)68)67-57-25-13-10-22-53(57)54-23-11-14-26-58(54)67;1-4-18-38(19-5-1)41-34-42(56-58-55(40-22-8-3-9-23-40)59-57(60-56)49-28-11-10-24-45(49)39-20-6-2-7-21-39)36-44(35-41)62-53-31-17-14-27-48(53)50-37-43(32-33-54(50)62)61-51-29-15-12-25-46(51)47-26-13-16-30-52(47)61/h1-41H;1-37H. The molecule has 0 radical (unpaired) electrons. The van der Waals surface area contributed by atoms with Crippen LogP contribution < -0.4 is 0 Å². The van der Waals surface area contributed by atoms with E-state index < -0.39 is 0 Å². The summed E-state index contributed by atoms with van der Waals surface area (Å²) in [4.78, 5) is 31.5. The number of aromatic nitrogens is 10. The highest BCUT2D eigenvalue weighted by Crippen LogP contribution is 2.44. The first-order valence-corrected chi connectivity index (χ1v) is 44.0. The van der Waals surface area contributed by atoms with Gasteiger partial charge in [-0.05, 0) is 165 Å². The molecule has 0 amide bonds. The van der Waals surface area contributed by atoms with Crippen LogP contribution in [0.2, 0.25) is 0 Å². The van der Waals surface area contributed by atoms with Crippen LogP contribution in [0.25, 0.3) is 234 Å². The zero-order valence-corrected chi connectivity index (χ0v) is 70.5. The van der Waals surface area contributed by atoms with Crippen LogP contribution in [0.3, 0.4) is 0 Å². The van der Waals surface area contributed by atoms with E-state index in [4.69, 9.17) is 29.9 Å². The predicted octanol–water partition coefficient (Wildman–Crippen LogP) is 30.5. The number of hydrogen-bond acceptors (Lipinski definition) is 6. The van der Waals surface area contributed by atoms with Crippen molar-refractivity contribution >= 4 is 87.2 Å². The molecule has 0 bridgehead atoms. The van der Waals surface area contributed by atoms with Crippen molar-refractivity contribution in [3.63, 3.8) is 0 Å². The van der Waals surface area contributed by atoms with Crippen LogP contribution in [0.4, 0.5) is 0 Å². The van der Waals surface area contributed by atoms with Crippen LogP contribution >= 0.6 is 0 Å². The van der Waals surface area contributed by atoms with Crippen molar-refractivity contribution in [2.75, 3.05) is 0 Å².